The summed E-state index contributed by atoms with van der Waals surface area (Å²) in [5, 5.41) is 5.08. The predicted octanol–water partition coefficient (Wildman–Crippen LogP) is 0.990. The molecule has 0 aliphatic rings. The second-order valence-electron chi connectivity index (χ2n) is 4.76. The van der Waals surface area contributed by atoms with Crippen LogP contribution in [-0.2, 0) is 16.4 Å². The van der Waals surface area contributed by atoms with Crippen LogP contribution in [0.2, 0.25) is 0 Å². The lowest BCUT2D eigenvalue weighted by molar-refractivity contribution is 0.598. The number of rotatable bonds is 5. The van der Waals surface area contributed by atoms with E-state index in [4.69, 9.17) is 10.9 Å². The highest BCUT2D eigenvalue weighted by atomic mass is 32.2. The maximum Gasteiger partial charge on any atom is 0.238 e. The highest BCUT2D eigenvalue weighted by molar-refractivity contribution is 7.89. The van der Waals surface area contributed by atoms with Gasteiger partial charge in [0.1, 0.15) is 0 Å². The molecule has 7 heteroatoms. The molecule has 0 fully saturated rings. The number of primary sulfonamides is 1. The van der Waals surface area contributed by atoms with Crippen LogP contribution in [0.15, 0.2) is 47.5 Å². The molecule has 0 radical (unpaired) electrons. The van der Waals surface area contributed by atoms with Crippen molar-refractivity contribution in [1.82, 2.24) is 4.98 Å². The van der Waals surface area contributed by atoms with Gasteiger partial charge in [0.25, 0.3) is 0 Å². The van der Waals surface area contributed by atoms with Crippen LogP contribution in [0.5, 0.6) is 0 Å². The molecule has 0 unspecified atom stereocenters. The number of anilines is 2. The highest BCUT2D eigenvalue weighted by Gasteiger charge is 2.12. The van der Waals surface area contributed by atoms with Gasteiger partial charge in [-0.25, -0.2) is 13.6 Å². The van der Waals surface area contributed by atoms with Crippen molar-refractivity contribution in [3.8, 4) is 0 Å². The number of benzene rings is 1. The summed E-state index contributed by atoms with van der Waals surface area (Å²) < 4.78 is 22.6. The van der Waals surface area contributed by atoms with Crippen LogP contribution >= 0.6 is 0 Å². The molecule has 2 aromatic rings. The molecule has 4 N–H and O–H groups in total. The van der Waals surface area contributed by atoms with Gasteiger partial charge in [-0.15, -0.1) is 0 Å². The van der Waals surface area contributed by atoms with Gasteiger partial charge in [-0.05, 0) is 30.3 Å². The van der Waals surface area contributed by atoms with E-state index in [0.29, 0.717) is 5.69 Å². The molecule has 0 saturated carbocycles. The Morgan fingerprint density at radius 3 is 2.57 bits per heavy atom. The molecule has 1 heterocycles. The first-order chi connectivity index (χ1) is 9.88. The van der Waals surface area contributed by atoms with Crippen molar-refractivity contribution in [2.24, 2.45) is 5.14 Å². The van der Waals surface area contributed by atoms with Crippen molar-refractivity contribution >= 4 is 21.4 Å². The van der Waals surface area contributed by atoms with Gasteiger partial charge in [0.2, 0.25) is 10.0 Å². The Bertz CT molecular complexity index is 717. The number of nitrogens with two attached hydrogens (primary N) is 2. The zero-order valence-electron chi connectivity index (χ0n) is 11.7. The Morgan fingerprint density at radius 1 is 1.24 bits per heavy atom. The summed E-state index contributed by atoms with van der Waals surface area (Å²) in [5.41, 5.74) is 8.04. The van der Waals surface area contributed by atoms with E-state index in [1.165, 1.54) is 12.1 Å². The zero-order valence-corrected chi connectivity index (χ0v) is 12.5. The van der Waals surface area contributed by atoms with E-state index in [1.54, 1.807) is 12.3 Å². The molecule has 0 bridgehead atoms. The van der Waals surface area contributed by atoms with Crippen molar-refractivity contribution in [2.45, 2.75) is 11.3 Å². The van der Waals surface area contributed by atoms with Crippen LogP contribution in [0.1, 0.15) is 5.69 Å². The summed E-state index contributed by atoms with van der Waals surface area (Å²) in [5.74, 6) is 0. The van der Waals surface area contributed by atoms with Crippen LogP contribution in [0.25, 0.3) is 0 Å². The van der Waals surface area contributed by atoms with E-state index in [2.05, 4.69) is 4.98 Å². The van der Waals surface area contributed by atoms with E-state index in [9.17, 15) is 8.42 Å². The third kappa shape index (κ3) is 3.93. The summed E-state index contributed by atoms with van der Waals surface area (Å²) in [6, 6.07) is 10.3. The maximum atomic E-state index is 11.3. The van der Waals surface area contributed by atoms with Crippen molar-refractivity contribution in [3.63, 3.8) is 0 Å². The van der Waals surface area contributed by atoms with Crippen LogP contribution in [-0.4, -0.2) is 27.0 Å². The van der Waals surface area contributed by atoms with Crippen molar-refractivity contribution in [1.29, 1.82) is 0 Å². The van der Waals surface area contributed by atoms with Gasteiger partial charge in [0.05, 0.1) is 16.3 Å². The number of sulfonamides is 1. The molecule has 2 rings (SSSR count). The van der Waals surface area contributed by atoms with Gasteiger partial charge in [0, 0.05) is 31.9 Å². The second-order valence-corrected chi connectivity index (χ2v) is 6.32. The lowest BCUT2D eigenvalue weighted by Gasteiger charge is -2.21. The molecule has 0 atom stereocenters. The van der Waals surface area contributed by atoms with Crippen LogP contribution in [0.3, 0.4) is 0 Å². The number of hydrogen-bond donors (Lipinski definition) is 2. The standard InChI is InChI=1S/C14H18N4O2S/c1-18(9-7-11-4-2-3-8-17-11)14-6-5-12(10-13(14)15)21(16,19)20/h2-6,8,10H,7,9,15H2,1H3,(H2,16,19,20). The van der Waals surface area contributed by atoms with Gasteiger partial charge in [-0.2, -0.15) is 0 Å². The first-order valence-electron chi connectivity index (χ1n) is 6.41. The van der Waals surface area contributed by atoms with Gasteiger partial charge >= 0.3 is 0 Å². The summed E-state index contributed by atoms with van der Waals surface area (Å²) >= 11 is 0. The lowest BCUT2D eigenvalue weighted by Crippen LogP contribution is -2.22. The minimum atomic E-state index is -3.73. The fraction of sp³-hybridized carbons (Fsp3) is 0.214. The third-order valence-electron chi connectivity index (χ3n) is 3.17. The molecule has 112 valence electrons. The summed E-state index contributed by atoms with van der Waals surface area (Å²) in [4.78, 5) is 6.23. The Kier molecular flexibility index (Phi) is 4.44. The van der Waals surface area contributed by atoms with Crippen molar-refractivity contribution in [3.05, 3.63) is 48.3 Å². The van der Waals surface area contributed by atoms with E-state index in [0.717, 1.165) is 24.3 Å². The van der Waals surface area contributed by atoms with Crippen LogP contribution in [0.4, 0.5) is 11.4 Å². The topological polar surface area (TPSA) is 102 Å². The first-order valence-corrected chi connectivity index (χ1v) is 7.96. The van der Waals surface area contributed by atoms with Gasteiger partial charge in [-0.3, -0.25) is 4.98 Å². The van der Waals surface area contributed by atoms with Crippen molar-refractivity contribution < 1.29 is 8.42 Å². The third-order valence-corrected chi connectivity index (χ3v) is 4.08. The second kappa shape index (κ2) is 6.11. The number of pyridine rings is 1. The highest BCUT2D eigenvalue weighted by Crippen LogP contribution is 2.25. The fourth-order valence-corrected chi connectivity index (χ4v) is 2.55. The summed E-state index contributed by atoms with van der Waals surface area (Å²) in [6.07, 6.45) is 2.53. The number of nitrogens with zero attached hydrogens (tertiary/aromatic N) is 2. The lowest BCUT2D eigenvalue weighted by atomic mass is 10.2. The van der Waals surface area contributed by atoms with Gasteiger partial charge in [-0.1, -0.05) is 6.07 Å². The fourth-order valence-electron chi connectivity index (χ4n) is 2.01. The minimum Gasteiger partial charge on any atom is -0.397 e. The Balaban J connectivity index is 2.11. The largest absolute Gasteiger partial charge is 0.397 e. The number of aromatic nitrogens is 1. The smallest absolute Gasteiger partial charge is 0.238 e. The van der Waals surface area contributed by atoms with Gasteiger partial charge in [0.15, 0.2) is 0 Å². The van der Waals surface area contributed by atoms with Crippen LogP contribution in [0, 0.1) is 0 Å². The molecule has 0 aliphatic carbocycles. The quantitative estimate of drug-likeness (QED) is 0.802. The SMILES string of the molecule is CN(CCc1ccccn1)c1ccc(S(N)(=O)=O)cc1N. The monoisotopic (exact) mass is 306 g/mol. The molecular formula is C14H18N4O2S. The molecule has 0 saturated heterocycles. The zero-order chi connectivity index (χ0) is 15.5. The molecule has 6 nitrogen and oxygen atoms in total. The van der Waals surface area contributed by atoms with E-state index in [1.807, 2.05) is 30.1 Å². The normalized spacial score (nSPS) is 11.3. The molecule has 0 amide bonds. The van der Waals surface area contributed by atoms with E-state index >= 15 is 0 Å². The summed E-state index contributed by atoms with van der Waals surface area (Å²) in [7, 11) is -1.84. The minimum absolute atomic E-state index is 0.0156. The maximum absolute atomic E-state index is 11.3. The first kappa shape index (κ1) is 15.3. The van der Waals surface area contributed by atoms with Crippen molar-refractivity contribution in [2.75, 3.05) is 24.2 Å². The molecule has 0 spiro atoms. The van der Waals surface area contributed by atoms with E-state index in [-0.39, 0.29) is 4.90 Å². The number of nitrogen functional groups attached to an aromatic ring is 1. The number of hydrogen-bond acceptors (Lipinski definition) is 5. The molecule has 1 aromatic heterocycles. The number of likely N-dealkylation sites (N-methyl/N-ethyl adjacent to an activating group) is 1. The van der Waals surface area contributed by atoms with Gasteiger partial charge < -0.3 is 10.6 Å². The summed E-state index contributed by atoms with van der Waals surface area (Å²) in [6.45, 7) is 0.718. The Hall–Kier alpha value is -2.12. The predicted molar refractivity (Wildman–Crippen MR) is 83.4 cm³/mol. The Labute approximate surface area is 124 Å². The molecule has 0 aliphatic heterocycles. The van der Waals surface area contributed by atoms with E-state index < -0.39 is 10.0 Å². The average molecular weight is 306 g/mol. The molecular weight excluding hydrogens is 288 g/mol. The average Bonchev–Trinajstić information content (AvgIpc) is 2.45. The Morgan fingerprint density at radius 2 is 2.00 bits per heavy atom. The molecule has 1 aromatic carbocycles. The van der Waals surface area contributed by atoms with Crippen LogP contribution < -0.4 is 15.8 Å². The molecule has 21 heavy (non-hydrogen) atoms.